The fourth-order valence-electron chi connectivity index (χ4n) is 2.68. The number of ether oxygens (including phenoxy) is 1. The van der Waals surface area contributed by atoms with E-state index in [1.54, 1.807) is 6.20 Å². The van der Waals surface area contributed by atoms with E-state index in [9.17, 15) is 9.59 Å². The van der Waals surface area contributed by atoms with Gasteiger partial charge in [-0.15, -0.1) is 0 Å². The Hall–Kier alpha value is -2.88. The number of hydrogen-bond donors (Lipinski definition) is 0. The highest BCUT2D eigenvalue weighted by atomic mass is 16.5. The molecule has 0 atom stereocenters. The van der Waals surface area contributed by atoms with E-state index in [0.717, 1.165) is 22.8 Å². The molecule has 0 saturated heterocycles. The Morgan fingerprint density at radius 1 is 1.17 bits per heavy atom. The second kappa shape index (κ2) is 6.08. The SMILES string of the molecule is Cc1ccc(OCC(=O)n2cc(C=O)c3ccccc32)c(C)c1. The summed E-state index contributed by atoms with van der Waals surface area (Å²) in [6, 6.07) is 13.1. The Labute approximate surface area is 134 Å². The molecule has 4 nitrogen and oxygen atoms in total. The van der Waals surface area contributed by atoms with Crippen LogP contribution in [0.15, 0.2) is 48.7 Å². The molecule has 2 aromatic carbocycles. The number of aldehydes is 1. The zero-order chi connectivity index (χ0) is 16.4. The molecule has 1 aromatic heterocycles. The Morgan fingerprint density at radius 3 is 2.70 bits per heavy atom. The maximum atomic E-state index is 12.5. The van der Waals surface area contributed by atoms with Crippen LogP contribution >= 0.6 is 0 Å². The summed E-state index contributed by atoms with van der Waals surface area (Å²) in [5.41, 5.74) is 3.35. The van der Waals surface area contributed by atoms with Crippen LogP contribution in [-0.2, 0) is 0 Å². The first-order valence-electron chi connectivity index (χ1n) is 7.38. The molecule has 0 spiro atoms. The van der Waals surface area contributed by atoms with Crippen molar-refractivity contribution in [3.05, 3.63) is 65.4 Å². The number of carbonyl (C=O) groups is 2. The lowest BCUT2D eigenvalue weighted by molar-refractivity contribution is 0.0842. The Bertz CT molecular complexity index is 893. The fourth-order valence-corrected chi connectivity index (χ4v) is 2.68. The number of fused-ring (bicyclic) bond motifs is 1. The summed E-state index contributed by atoms with van der Waals surface area (Å²) in [6.45, 7) is 3.87. The van der Waals surface area contributed by atoms with Crippen LogP contribution in [-0.4, -0.2) is 23.4 Å². The van der Waals surface area contributed by atoms with Crippen molar-refractivity contribution in [1.29, 1.82) is 0 Å². The second-order valence-corrected chi connectivity index (χ2v) is 5.54. The van der Waals surface area contributed by atoms with Gasteiger partial charge in [0.25, 0.3) is 5.91 Å². The van der Waals surface area contributed by atoms with Crippen molar-refractivity contribution in [2.24, 2.45) is 0 Å². The first-order chi connectivity index (χ1) is 11.1. The number of hydrogen-bond acceptors (Lipinski definition) is 3. The Kier molecular flexibility index (Phi) is 3.98. The van der Waals surface area contributed by atoms with Gasteiger partial charge in [-0.2, -0.15) is 0 Å². The lowest BCUT2D eigenvalue weighted by Gasteiger charge is -2.10. The highest BCUT2D eigenvalue weighted by molar-refractivity contribution is 6.02. The van der Waals surface area contributed by atoms with Gasteiger partial charge in [-0.25, -0.2) is 0 Å². The van der Waals surface area contributed by atoms with Gasteiger partial charge in [0.1, 0.15) is 5.75 Å². The van der Waals surface area contributed by atoms with Crippen LogP contribution < -0.4 is 4.74 Å². The highest BCUT2D eigenvalue weighted by Crippen LogP contribution is 2.21. The first kappa shape index (κ1) is 15.0. The maximum Gasteiger partial charge on any atom is 0.269 e. The van der Waals surface area contributed by atoms with Gasteiger partial charge in [-0.1, -0.05) is 35.9 Å². The summed E-state index contributed by atoms with van der Waals surface area (Å²) in [5.74, 6) is 0.477. The summed E-state index contributed by atoms with van der Waals surface area (Å²) in [6.07, 6.45) is 2.32. The quantitative estimate of drug-likeness (QED) is 0.689. The van der Waals surface area contributed by atoms with Crippen molar-refractivity contribution in [1.82, 2.24) is 4.57 Å². The van der Waals surface area contributed by atoms with E-state index < -0.39 is 0 Å². The molecule has 0 aliphatic rings. The number of rotatable bonds is 4. The van der Waals surface area contributed by atoms with Gasteiger partial charge in [0.05, 0.1) is 5.52 Å². The maximum absolute atomic E-state index is 12.5. The van der Waals surface area contributed by atoms with Crippen LogP contribution in [0.3, 0.4) is 0 Å². The molecule has 0 saturated carbocycles. The third-order valence-corrected chi connectivity index (χ3v) is 3.82. The summed E-state index contributed by atoms with van der Waals surface area (Å²) < 4.78 is 7.12. The largest absolute Gasteiger partial charge is 0.483 e. The van der Waals surface area contributed by atoms with Crippen molar-refractivity contribution in [2.75, 3.05) is 6.61 Å². The predicted molar refractivity (Wildman–Crippen MR) is 89.4 cm³/mol. The smallest absolute Gasteiger partial charge is 0.269 e. The molecule has 23 heavy (non-hydrogen) atoms. The van der Waals surface area contributed by atoms with Crippen molar-refractivity contribution in [2.45, 2.75) is 13.8 Å². The minimum atomic E-state index is -0.214. The van der Waals surface area contributed by atoms with Crippen molar-refractivity contribution < 1.29 is 14.3 Å². The average Bonchev–Trinajstić information content (AvgIpc) is 2.93. The van der Waals surface area contributed by atoms with E-state index in [2.05, 4.69) is 0 Å². The predicted octanol–water partition coefficient (Wildman–Crippen LogP) is 3.79. The molecule has 3 aromatic rings. The van der Waals surface area contributed by atoms with E-state index in [-0.39, 0.29) is 12.5 Å². The van der Waals surface area contributed by atoms with Crippen molar-refractivity contribution in [3.63, 3.8) is 0 Å². The first-order valence-corrected chi connectivity index (χ1v) is 7.38. The van der Waals surface area contributed by atoms with Crippen LogP contribution in [0.4, 0.5) is 0 Å². The summed E-state index contributed by atoms with van der Waals surface area (Å²) in [5, 5.41) is 0.766. The zero-order valence-corrected chi connectivity index (χ0v) is 13.1. The normalized spacial score (nSPS) is 10.7. The average molecular weight is 307 g/mol. The molecule has 0 amide bonds. The molecule has 0 N–H and O–H groups in total. The van der Waals surface area contributed by atoms with Gasteiger partial charge < -0.3 is 4.74 Å². The van der Waals surface area contributed by atoms with Crippen LogP contribution in [0.2, 0.25) is 0 Å². The second-order valence-electron chi connectivity index (χ2n) is 5.54. The fraction of sp³-hybridized carbons (Fsp3) is 0.158. The molecule has 0 aliphatic heterocycles. The zero-order valence-electron chi connectivity index (χ0n) is 13.1. The molecule has 116 valence electrons. The molecule has 0 radical (unpaired) electrons. The highest BCUT2D eigenvalue weighted by Gasteiger charge is 2.14. The number of para-hydroxylation sites is 1. The number of nitrogens with zero attached hydrogens (tertiary/aromatic N) is 1. The van der Waals surface area contributed by atoms with E-state index >= 15 is 0 Å². The summed E-state index contributed by atoms with van der Waals surface area (Å²) >= 11 is 0. The Morgan fingerprint density at radius 2 is 1.96 bits per heavy atom. The van der Waals surface area contributed by atoms with Crippen LogP contribution in [0.5, 0.6) is 5.75 Å². The molecule has 1 heterocycles. The van der Waals surface area contributed by atoms with Gasteiger partial charge in [0.2, 0.25) is 0 Å². The van der Waals surface area contributed by atoms with Crippen molar-refractivity contribution in [3.8, 4) is 5.75 Å². The monoisotopic (exact) mass is 307 g/mol. The molecule has 3 rings (SSSR count). The van der Waals surface area contributed by atoms with Crippen LogP contribution in [0, 0.1) is 13.8 Å². The van der Waals surface area contributed by atoms with Crippen molar-refractivity contribution >= 4 is 23.1 Å². The van der Waals surface area contributed by atoms with Crippen LogP contribution in [0.1, 0.15) is 26.3 Å². The van der Waals surface area contributed by atoms with Gasteiger partial charge in [0.15, 0.2) is 12.9 Å². The molecule has 0 fully saturated rings. The number of carbonyl (C=O) groups excluding carboxylic acids is 2. The topological polar surface area (TPSA) is 48.3 Å². The number of aryl methyl sites for hydroxylation is 2. The lowest BCUT2D eigenvalue weighted by Crippen LogP contribution is -2.18. The Balaban J connectivity index is 1.85. The standard InChI is InChI=1S/C19H17NO3/c1-13-7-8-18(14(2)9-13)23-12-19(22)20-10-15(11-21)16-5-3-4-6-17(16)20/h3-11H,12H2,1-2H3. The van der Waals surface area contributed by atoms with E-state index in [1.165, 1.54) is 4.57 Å². The summed E-state index contributed by atoms with van der Waals surface area (Å²) in [7, 11) is 0. The minimum Gasteiger partial charge on any atom is -0.483 e. The lowest BCUT2D eigenvalue weighted by atomic mass is 10.1. The van der Waals surface area contributed by atoms with Gasteiger partial charge in [-0.3, -0.25) is 14.2 Å². The van der Waals surface area contributed by atoms with Gasteiger partial charge >= 0.3 is 0 Å². The molecule has 0 bridgehead atoms. The van der Waals surface area contributed by atoms with Gasteiger partial charge in [0, 0.05) is 17.1 Å². The molecule has 0 unspecified atom stereocenters. The van der Waals surface area contributed by atoms with Gasteiger partial charge in [-0.05, 0) is 31.5 Å². The molecule has 0 aliphatic carbocycles. The van der Waals surface area contributed by atoms with E-state index in [1.807, 2.05) is 56.3 Å². The summed E-state index contributed by atoms with van der Waals surface area (Å²) in [4.78, 5) is 23.6. The van der Waals surface area contributed by atoms with E-state index in [0.29, 0.717) is 16.8 Å². The third kappa shape index (κ3) is 2.88. The molecule has 4 heteroatoms. The number of benzene rings is 2. The molecular weight excluding hydrogens is 290 g/mol. The molecular formula is C19H17NO3. The minimum absolute atomic E-state index is 0.0825. The van der Waals surface area contributed by atoms with E-state index in [4.69, 9.17) is 4.74 Å². The number of aromatic nitrogens is 1. The van der Waals surface area contributed by atoms with Crippen LogP contribution in [0.25, 0.3) is 10.9 Å². The third-order valence-electron chi connectivity index (χ3n) is 3.82.